The monoisotopic (exact) mass is 616 g/mol. The van der Waals surface area contributed by atoms with Crippen molar-refractivity contribution in [3.8, 4) is 16.9 Å². The molecule has 3 aromatic carbocycles. The van der Waals surface area contributed by atoms with Gasteiger partial charge < -0.3 is 19.1 Å². The number of carboxylic acid groups (broad SMARTS) is 1. The second-order valence-corrected chi connectivity index (χ2v) is 12.2. The van der Waals surface area contributed by atoms with Crippen molar-refractivity contribution in [2.45, 2.75) is 58.5 Å². The molecule has 5 aromatic rings. The van der Waals surface area contributed by atoms with E-state index in [4.69, 9.17) is 14.5 Å². The number of fused-ring (bicyclic) bond motifs is 1. The number of ether oxygens (including phenoxy) is 2. The number of aliphatic carboxylic acids is 1. The van der Waals surface area contributed by atoms with Gasteiger partial charge in [0, 0.05) is 40.6 Å². The van der Waals surface area contributed by atoms with E-state index in [2.05, 4.69) is 0 Å². The Morgan fingerprint density at radius 2 is 1.87 bits per heavy atom. The van der Waals surface area contributed by atoms with Crippen LogP contribution in [0.3, 0.4) is 0 Å². The first-order valence-corrected chi connectivity index (χ1v) is 14.5. The third-order valence-electron chi connectivity index (χ3n) is 7.93. The number of carboxylic acids is 1. The molecule has 2 aromatic heterocycles. The van der Waals surface area contributed by atoms with E-state index in [1.807, 2.05) is 18.2 Å². The van der Waals surface area contributed by atoms with E-state index in [1.54, 1.807) is 46.0 Å². The minimum Gasteiger partial charge on any atom is -0.493 e. The molecule has 0 fully saturated rings. The van der Waals surface area contributed by atoms with Crippen molar-refractivity contribution < 1.29 is 32.5 Å². The molecule has 1 aliphatic rings. The van der Waals surface area contributed by atoms with E-state index in [0.717, 1.165) is 23.1 Å². The fraction of sp³-hybridized carbons (Fsp3) is 0.286. The first kappa shape index (κ1) is 30.3. The van der Waals surface area contributed by atoms with Gasteiger partial charge in [-0.1, -0.05) is 12.1 Å². The summed E-state index contributed by atoms with van der Waals surface area (Å²) in [7, 11) is 0. The topological polar surface area (TPSA) is 90.7 Å². The van der Waals surface area contributed by atoms with Crippen molar-refractivity contribution in [3.63, 3.8) is 0 Å². The fourth-order valence-corrected chi connectivity index (χ4v) is 6.10. The quantitative estimate of drug-likeness (QED) is 0.213. The van der Waals surface area contributed by atoms with Crippen LogP contribution >= 0.6 is 0 Å². The number of nitrogens with zero attached hydrogens (tertiary/aromatic N) is 2. The molecule has 3 heterocycles. The molecule has 0 aliphatic carbocycles. The highest BCUT2D eigenvalue weighted by Gasteiger charge is 2.33. The number of rotatable bonds is 6. The summed E-state index contributed by atoms with van der Waals surface area (Å²) in [5.74, 6) is -0.520. The number of pyridine rings is 2. The molecule has 45 heavy (non-hydrogen) atoms. The van der Waals surface area contributed by atoms with Gasteiger partial charge in [-0.15, -0.1) is 0 Å². The van der Waals surface area contributed by atoms with E-state index in [9.17, 15) is 27.9 Å². The average Bonchev–Trinajstić information content (AvgIpc) is 2.97. The Kier molecular flexibility index (Phi) is 7.43. The van der Waals surface area contributed by atoms with Crippen molar-refractivity contribution in [1.29, 1.82) is 0 Å². The SMILES string of the molecule is Cc1cc2c(ccc(=O)n2Cc2cccc(C(F)(F)F)c2)c(-c2ccc3c4c(ccnc24)CCO3)c1C(OC(C)(C)C)C(=O)O. The van der Waals surface area contributed by atoms with Crippen LogP contribution < -0.4 is 10.3 Å². The molecule has 10 heteroatoms. The maximum Gasteiger partial charge on any atom is 0.416 e. The molecular weight excluding hydrogens is 585 g/mol. The van der Waals surface area contributed by atoms with Crippen molar-refractivity contribution in [2.24, 2.45) is 0 Å². The molecule has 0 saturated heterocycles. The fourth-order valence-electron chi connectivity index (χ4n) is 6.10. The van der Waals surface area contributed by atoms with Gasteiger partial charge in [0.25, 0.3) is 5.56 Å². The number of aryl methyl sites for hydroxylation is 1. The Bertz CT molecular complexity index is 2030. The predicted molar refractivity (Wildman–Crippen MR) is 165 cm³/mol. The van der Waals surface area contributed by atoms with E-state index in [0.29, 0.717) is 63.0 Å². The second kappa shape index (κ2) is 11.0. The summed E-state index contributed by atoms with van der Waals surface area (Å²) >= 11 is 0. The molecular formula is C35H31F3N2O5. The highest BCUT2D eigenvalue weighted by molar-refractivity contribution is 6.08. The molecule has 0 saturated carbocycles. The molecule has 1 aliphatic heterocycles. The number of hydrogen-bond acceptors (Lipinski definition) is 5. The van der Waals surface area contributed by atoms with E-state index >= 15 is 0 Å². The summed E-state index contributed by atoms with van der Waals surface area (Å²) in [6, 6.07) is 15.1. The molecule has 1 unspecified atom stereocenters. The molecule has 0 bridgehead atoms. The van der Waals surface area contributed by atoms with Gasteiger partial charge in [0.2, 0.25) is 0 Å². The Labute approximate surface area is 256 Å². The van der Waals surface area contributed by atoms with Crippen LogP contribution in [0, 0.1) is 6.92 Å². The molecule has 0 amide bonds. The number of hydrogen-bond donors (Lipinski definition) is 1. The van der Waals surface area contributed by atoms with Crippen LogP contribution in [0.25, 0.3) is 32.9 Å². The van der Waals surface area contributed by atoms with Gasteiger partial charge in [0.1, 0.15) is 5.75 Å². The zero-order valence-corrected chi connectivity index (χ0v) is 25.2. The third-order valence-corrected chi connectivity index (χ3v) is 7.93. The van der Waals surface area contributed by atoms with Crippen molar-refractivity contribution in [3.05, 3.63) is 105 Å². The number of alkyl halides is 3. The third kappa shape index (κ3) is 5.66. The van der Waals surface area contributed by atoms with Crippen LogP contribution in [0.4, 0.5) is 13.2 Å². The Morgan fingerprint density at radius 1 is 1.09 bits per heavy atom. The molecule has 7 nitrogen and oxygen atoms in total. The van der Waals surface area contributed by atoms with Crippen molar-refractivity contribution in [2.75, 3.05) is 6.61 Å². The molecule has 0 spiro atoms. The minimum absolute atomic E-state index is 0.130. The van der Waals surface area contributed by atoms with E-state index in [1.165, 1.54) is 22.8 Å². The summed E-state index contributed by atoms with van der Waals surface area (Å²) in [6.07, 6.45) is -3.53. The molecule has 232 valence electrons. The molecule has 0 radical (unpaired) electrons. The summed E-state index contributed by atoms with van der Waals surface area (Å²) in [5, 5.41) is 11.8. The largest absolute Gasteiger partial charge is 0.493 e. The van der Waals surface area contributed by atoms with Gasteiger partial charge in [0.15, 0.2) is 6.10 Å². The van der Waals surface area contributed by atoms with E-state index < -0.39 is 35.0 Å². The number of benzene rings is 3. The van der Waals surface area contributed by atoms with Gasteiger partial charge in [-0.25, -0.2) is 4.79 Å². The van der Waals surface area contributed by atoms with Crippen LogP contribution in [0.1, 0.15) is 54.7 Å². The lowest BCUT2D eigenvalue weighted by Crippen LogP contribution is -2.28. The van der Waals surface area contributed by atoms with Crippen LogP contribution in [-0.4, -0.2) is 32.8 Å². The summed E-state index contributed by atoms with van der Waals surface area (Å²) in [4.78, 5) is 30.9. The molecule has 1 atom stereocenters. The maximum absolute atomic E-state index is 13.5. The first-order chi connectivity index (χ1) is 21.2. The Hall–Kier alpha value is -4.70. The van der Waals surface area contributed by atoms with Gasteiger partial charge in [-0.2, -0.15) is 13.2 Å². The number of carbonyl (C=O) groups is 1. The average molecular weight is 617 g/mol. The summed E-state index contributed by atoms with van der Waals surface area (Å²) < 4.78 is 54.0. The predicted octanol–water partition coefficient (Wildman–Crippen LogP) is 7.47. The van der Waals surface area contributed by atoms with Crippen LogP contribution in [0.5, 0.6) is 5.75 Å². The standard InChI is InChI=1S/C35H31F3N2O5/c1-19-16-25-23(9-11-27(41)40(25)18-20-6-5-7-22(17-20)35(36,37)38)30(28(19)32(33(42)43)45-34(2,3)4)24-8-10-26-29-21(13-15-44-26)12-14-39-31(24)29/h5-12,14,16-17,32H,13,15,18H2,1-4H3,(H,42,43). The summed E-state index contributed by atoms with van der Waals surface area (Å²) in [5.41, 5.74) is 2.40. The lowest BCUT2D eigenvalue weighted by molar-refractivity contribution is -0.160. The van der Waals surface area contributed by atoms with Gasteiger partial charge >= 0.3 is 12.1 Å². The van der Waals surface area contributed by atoms with Gasteiger partial charge in [-0.3, -0.25) is 9.78 Å². The first-order valence-electron chi connectivity index (χ1n) is 14.5. The Morgan fingerprint density at radius 3 is 2.58 bits per heavy atom. The molecule has 6 rings (SSSR count). The lowest BCUT2D eigenvalue weighted by Gasteiger charge is -2.29. The summed E-state index contributed by atoms with van der Waals surface area (Å²) in [6.45, 7) is 7.45. The smallest absolute Gasteiger partial charge is 0.416 e. The maximum atomic E-state index is 13.5. The van der Waals surface area contributed by atoms with Crippen LogP contribution in [-0.2, 0) is 28.7 Å². The molecule has 1 N–H and O–H groups in total. The highest BCUT2D eigenvalue weighted by atomic mass is 19.4. The van der Waals surface area contributed by atoms with E-state index in [-0.39, 0.29) is 6.54 Å². The highest BCUT2D eigenvalue weighted by Crippen LogP contribution is 2.45. The van der Waals surface area contributed by atoms with Crippen molar-refractivity contribution >= 4 is 27.8 Å². The number of aromatic nitrogens is 2. The van der Waals surface area contributed by atoms with Gasteiger partial charge in [0.05, 0.1) is 35.3 Å². The van der Waals surface area contributed by atoms with Crippen molar-refractivity contribution in [1.82, 2.24) is 9.55 Å². The zero-order valence-electron chi connectivity index (χ0n) is 25.2. The van der Waals surface area contributed by atoms with Crippen LogP contribution in [0.15, 0.2) is 71.7 Å². The zero-order chi connectivity index (χ0) is 32.3. The Balaban J connectivity index is 1.69. The number of halogens is 3. The minimum atomic E-state index is -4.54. The van der Waals surface area contributed by atoms with Crippen LogP contribution in [0.2, 0.25) is 0 Å². The normalized spacial score (nSPS) is 14.0. The van der Waals surface area contributed by atoms with Gasteiger partial charge in [-0.05, 0) is 92.4 Å². The second-order valence-electron chi connectivity index (χ2n) is 12.2. The lowest BCUT2D eigenvalue weighted by atomic mass is 9.86.